The van der Waals surface area contributed by atoms with Crippen LogP contribution in [0.1, 0.15) is 18.9 Å². The van der Waals surface area contributed by atoms with Crippen LogP contribution in [-0.2, 0) is 4.79 Å². The van der Waals surface area contributed by atoms with Crippen LogP contribution in [0, 0.1) is 17.0 Å². The van der Waals surface area contributed by atoms with Gasteiger partial charge in [-0.1, -0.05) is 6.92 Å². The van der Waals surface area contributed by atoms with E-state index in [4.69, 9.17) is 5.11 Å². The zero-order chi connectivity index (χ0) is 11.8. The minimum Gasteiger partial charge on any atom is -0.481 e. The molecule has 0 aliphatic carbocycles. The highest BCUT2D eigenvalue weighted by Gasteiger charge is 2.02. The fourth-order valence-electron chi connectivity index (χ4n) is 0.639. The molecule has 1 aromatic heterocycles. The van der Waals surface area contributed by atoms with Crippen LogP contribution in [0.15, 0.2) is 18.5 Å². The van der Waals surface area contributed by atoms with Gasteiger partial charge in [-0.3, -0.25) is 19.9 Å². The fourth-order valence-corrected chi connectivity index (χ4v) is 0.639. The van der Waals surface area contributed by atoms with Crippen LogP contribution in [0.25, 0.3) is 0 Å². The van der Waals surface area contributed by atoms with E-state index in [0.29, 0.717) is 0 Å². The lowest BCUT2D eigenvalue weighted by atomic mass is 10.3. The molecular formula is C9H12N2O4. The third-order valence-corrected chi connectivity index (χ3v) is 1.37. The molecule has 15 heavy (non-hydrogen) atoms. The van der Waals surface area contributed by atoms with Crippen molar-refractivity contribution in [3.05, 3.63) is 34.1 Å². The second-order valence-corrected chi connectivity index (χ2v) is 2.72. The van der Waals surface area contributed by atoms with Gasteiger partial charge in [0.2, 0.25) is 0 Å². The first kappa shape index (κ1) is 13.0. The van der Waals surface area contributed by atoms with E-state index in [2.05, 4.69) is 4.98 Å². The molecule has 0 saturated heterocycles. The third-order valence-electron chi connectivity index (χ3n) is 1.37. The lowest BCUT2D eigenvalue weighted by Crippen LogP contribution is -1.88. The average Bonchev–Trinajstić information content (AvgIpc) is 2.18. The summed E-state index contributed by atoms with van der Waals surface area (Å²) in [4.78, 5) is 22.7. The van der Waals surface area contributed by atoms with Crippen molar-refractivity contribution in [2.45, 2.75) is 20.3 Å². The summed E-state index contributed by atoms with van der Waals surface area (Å²) in [5.74, 6) is -0.745. The number of hydrogen-bond donors (Lipinski definition) is 1. The molecule has 0 atom stereocenters. The van der Waals surface area contributed by atoms with Gasteiger partial charge in [0.1, 0.15) is 6.20 Å². The van der Waals surface area contributed by atoms with E-state index in [1.807, 2.05) is 0 Å². The summed E-state index contributed by atoms with van der Waals surface area (Å²) in [6.07, 6.45) is 3.03. The van der Waals surface area contributed by atoms with E-state index in [1.165, 1.54) is 12.3 Å². The van der Waals surface area contributed by atoms with Crippen molar-refractivity contribution in [1.29, 1.82) is 0 Å². The number of carboxylic acids is 1. The minimum absolute atomic E-state index is 0.0417. The fraction of sp³-hybridized carbons (Fsp3) is 0.333. The molecule has 0 bridgehead atoms. The topological polar surface area (TPSA) is 93.3 Å². The summed E-state index contributed by atoms with van der Waals surface area (Å²) in [5, 5.41) is 17.8. The van der Waals surface area contributed by atoms with Crippen LogP contribution in [0.3, 0.4) is 0 Å². The Morgan fingerprint density at radius 1 is 1.60 bits per heavy atom. The molecule has 0 fully saturated rings. The van der Waals surface area contributed by atoms with Gasteiger partial charge in [0, 0.05) is 18.7 Å². The number of aliphatic carboxylic acids is 1. The molecule has 6 heteroatoms. The maximum atomic E-state index is 10.1. The molecule has 82 valence electrons. The number of aryl methyl sites for hydroxylation is 1. The zero-order valence-corrected chi connectivity index (χ0v) is 8.51. The molecule has 0 spiro atoms. The smallest absolute Gasteiger partial charge is 0.303 e. The quantitative estimate of drug-likeness (QED) is 0.595. The van der Waals surface area contributed by atoms with Crippen molar-refractivity contribution in [3.8, 4) is 0 Å². The van der Waals surface area contributed by atoms with Gasteiger partial charge in [0.05, 0.1) is 4.92 Å². The molecule has 0 aliphatic heterocycles. The summed E-state index contributed by atoms with van der Waals surface area (Å²) in [7, 11) is 0. The van der Waals surface area contributed by atoms with Gasteiger partial charge in [0.15, 0.2) is 0 Å². The lowest BCUT2D eigenvalue weighted by Gasteiger charge is -1.89. The van der Waals surface area contributed by atoms with E-state index >= 15 is 0 Å². The van der Waals surface area contributed by atoms with E-state index in [1.54, 1.807) is 20.0 Å². The third kappa shape index (κ3) is 6.14. The van der Waals surface area contributed by atoms with E-state index in [0.717, 1.165) is 5.56 Å². The average molecular weight is 212 g/mol. The van der Waals surface area contributed by atoms with Crippen molar-refractivity contribution in [1.82, 2.24) is 4.98 Å². The molecular weight excluding hydrogens is 200 g/mol. The molecule has 1 heterocycles. The van der Waals surface area contributed by atoms with Gasteiger partial charge in [-0.05, 0) is 12.5 Å². The van der Waals surface area contributed by atoms with Gasteiger partial charge < -0.3 is 5.11 Å². The SMILES string of the molecule is CCC(=O)O.Cc1cncc([N+](=O)[O-])c1. The summed E-state index contributed by atoms with van der Waals surface area (Å²) in [6, 6.07) is 1.48. The van der Waals surface area contributed by atoms with Gasteiger partial charge in [-0.15, -0.1) is 0 Å². The first-order chi connectivity index (χ1) is 6.97. The minimum atomic E-state index is -0.745. The van der Waals surface area contributed by atoms with Crippen molar-refractivity contribution < 1.29 is 14.8 Å². The molecule has 1 aromatic rings. The Morgan fingerprint density at radius 3 is 2.40 bits per heavy atom. The van der Waals surface area contributed by atoms with Crippen LogP contribution in [0.4, 0.5) is 5.69 Å². The van der Waals surface area contributed by atoms with Crippen LogP contribution in [0.2, 0.25) is 0 Å². The largest absolute Gasteiger partial charge is 0.481 e. The number of carbonyl (C=O) groups is 1. The maximum absolute atomic E-state index is 10.1. The molecule has 1 N–H and O–H groups in total. The molecule has 0 aliphatic rings. The second kappa shape index (κ2) is 6.47. The van der Waals surface area contributed by atoms with E-state index in [-0.39, 0.29) is 12.1 Å². The summed E-state index contributed by atoms with van der Waals surface area (Å²) >= 11 is 0. The predicted octanol–water partition coefficient (Wildman–Crippen LogP) is 1.78. The molecule has 0 unspecified atom stereocenters. The first-order valence-electron chi connectivity index (χ1n) is 4.25. The van der Waals surface area contributed by atoms with Gasteiger partial charge in [0.25, 0.3) is 5.69 Å². The van der Waals surface area contributed by atoms with E-state index < -0.39 is 10.9 Å². The summed E-state index contributed by atoms with van der Waals surface area (Å²) in [6.45, 7) is 3.36. The standard InChI is InChI=1S/C6H6N2O2.C3H6O2/c1-5-2-6(8(9)10)4-7-3-5;1-2-3(4)5/h2-4H,1H3;2H2,1H3,(H,4,5). The number of pyridine rings is 1. The number of aromatic nitrogens is 1. The highest BCUT2D eigenvalue weighted by Crippen LogP contribution is 2.08. The van der Waals surface area contributed by atoms with Crippen molar-refractivity contribution in [3.63, 3.8) is 0 Å². The molecule has 6 nitrogen and oxygen atoms in total. The van der Waals surface area contributed by atoms with Gasteiger partial charge >= 0.3 is 5.97 Å². The Hall–Kier alpha value is -1.98. The molecule has 0 aromatic carbocycles. The molecule has 0 saturated carbocycles. The highest BCUT2D eigenvalue weighted by molar-refractivity contribution is 5.66. The van der Waals surface area contributed by atoms with Crippen LogP contribution in [-0.4, -0.2) is 21.0 Å². The van der Waals surface area contributed by atoms with Crippen molar-refractivity contribution >= 4 is 11.7 Å². The Bertz CT molecular complexity index is 352. The number of rotatable bonds is 2. The second-order valence-electron chi connectivity index (χ2n) is 2.72. The van der Waals surface area contributed by atoms with Gasteiger partial charge in [-0.25, -0.2) is 0 Å². The van der Waals surface area contributed by atoms with Crippen molar-refractivity contribution in [2.24, 2.45) is 0 Å². The number of nitrogens with zero attached hydrogens (tertiary/aromatic N) is 2. The monoisotopic (exact) mass is 212 g/mol. The number of carboxylic acid groups (broad SMARTS) is 1. The lowest BCUT2D eigenvalue weighted by molar-refractivity contribution is -0.385. The Morgan fingerprint density at radius 2 is 2.13 bits per heavy atom. The van der Waals surface area contributed by atoms with Gasteiger partial charge in [-0.2, -0.15) is 0 Å². The zero-order valence-electron chi connectivity index (χ0n) is 8.51. The Kier molecular flexibility index (Phi) is 5.62. The maximum Gasteiger partial charge on any atom is 0.303 e. The summed E-state index contributed by atoms with van der Waals surface area (Å²) in [5.41, 5.74) is 0.842. The van der Waals surface area contributed by atoms with Crippen LogP contribution in [0.5, 0.6) is 0 Å². The van der Waals surface area contributed by atoms with Crippen LogP contribution >= 0.6 is 0 Å². The highest BCUT2D eigenvalue weighted by atomic mass is 16.6. The molecule has 0 amide bonds. The van der Waals surface area contributed by atoms with E-state index in [9.17, 15) is 14.9 Å². The first-order valence-corrected chi connectivity index (χ1v) is 4.25. The van der Waals surface area contributed by atoms with Crippen LogP contribution < -0.4 is 0 Å². The Balaban J connectivity index is 0.000000336. The normalized spacial score (nSPS) is 8.67. The Labute approximate surface area is 86.7 Å². The number of hydrogen-bond acceptors (Lipinski definition) is 4. The molecule has 0 radical (unpaired) electrons. The predicted molar refractivity (Wildman–Crippen MR) is 53.6 cm³/mol. The molecule has 1 rings (SSSR count). The van der Waals surface area contributed by atoms with Crippen molar-refractivity contribution in [2.75, 3.05) is 0 Å². The summed E-state index contributed by atoms with van der Waals surface area (Å²) < 4.78 is 0. The number of nitro groups is 1.